The summed E-state index contributed by atoms with van der Waals surface area (Å²) in [5.74, 6) is 2.01. The summed E-state index contributed by atoms with van der Waals surface area (Å²) in [5.41, 5.74) is 6.42. The molecule has 0 aromatic carbocycles. The summed E-state index contributed by atoms with van der Waals surface area (Å²) in [6.45, 7) is 12.6. The number of aromatic nitrogens is 4. The predicted octanol–water partition coefficient (Wildman–Crippen LogP) is 2.60. The number of aryl methyl sites for hydroxylation is 1. The third-order valence-electron chi connectivity index (χ3n) is 5.42. The summed E-state index contributed by atoms with van der Waals surface area (Å²) in [4.78, 5) is 25.7. The van der Waals surface area contributed by atoms with Gasteiger partial charge in [-0.15, -0.1) is 0 Å². The Morgan fingerprint density at radius 1 is 1.26 bits per heavy atom. The first-order valence-corrected chi connectivity index (χ1v) is 9.67. The Morgan fingerprint density at radius 3 is 2.67 bits per heavy atom. The Balaban J connectivity index is 1.89. The monoisotopic (exact) mass is 360 g/mol. The molecule has 7 heteroatoms. The minimum Gasteiger partial charge on any atom is -0.321 e. The second kappa shape index (κ2) is 6.55. The molecule has 1 saturated carbocycles. The molecular weight excluding hydrogens is 335 g/mol. The van der Waals surface area contributed by atoms with Crippen LogP contribution >= 0.6 is 0 Å². The lowest BCUT2D eigenvalue weighted by Crippen LogP contribution is -2.36. The quantitative estimate of drug-likeness (QED) is 0.784. The van der Waals surface area contributed by atoms with E-state index < -0.39 is 0 Å². The molecule has 6 nitrogen and oxygen atoms in total. The van der Waals surface area contributed by atoms with Gasteiger partial charge in [-0.25, -0.2) is 24.9 Å². The molecule has 2 aromatic rings. The Bertz CT molecular complexity index is 963. The molecule has 0 N–H and O–H groups in total. The lowest BCUT2D eigenvalue weighted by Gasteiger charge is -2.34. The van der Waals surface area contributed by atoms with Gasteiger partial charge < -0.3 is 4.90 Å². The highest BCUT2D eigenvalue weighted by Gasteiger charge is 2.32. The van der Waals surface area contributed by atoms with Crippen LogP contribution in [0.2, 0.25) is 0 Å². The van der Waals surface area contributed by atoms with E-state index in [1.54, 1.807) is 0 Å². The highest BCUT2D eigenvalue weighted by Crippen LogP contribution is 2.44. The van der Waals surface area contributed by atoms with Crippen molar-refractivity contribution in [2.45, 2.75) is 58.9 Å². The molecule has 0 spiro atoms. The molecule has 0 saturated heterocycles. The Morgan fingerprint density at radius 2 is 2.00 bits per heavy atom. The first-order valence-electron chi connectivity index (χ1n) is 9.67. The summed E-state index contributed by atoms with van der Waals surface area (Å²) in [5, 5.41) is 0. The van der Waals surface area contributed by atoms with Gasteiger partial charge in [0.15, 0.2) is 19.5 Å². The second-order valence-electron chi connectivity index (χ2n) is 7.56. The summed E-state index contributed by atoms with van der Waals surface area (Å²) >= 11 is 0. The average molecular weight is 360 g/mol. The van der Waals surface area contributed by atoms with Gasteiger partial charge in [0.2, 0.25) is 0 Å². The van der Waals surface area contributed by atoms with Crippen molar-refractivity contribution in [1.82, 2.24) is 19.9 Å². The van der Waals surface area contributed by atoms with Crippen molar-refractivity contribution >= 4 is 30.8 Å². The lowest BCUT2D eigenvalue weighted by atomic mass is 10.0. The van der Waals surface area contributed by atoms with Gasteiger partial charge in [-0.3, -0.25) is 0 Å². The van der Waals surface area contributed by atoms with Crippen molar-refractivity contribution in [1.29, 1.82) is 0 Å². The predicted molar refractivity (Wildman–Crippen MR) is 112 cm³/mol. The highest BCUT2D eigenvalue weighted by molar-refractivity contribution is 6.29. The fraction of sp³-hybridized carbons (Fsp3) is 0.450. The number of anilines is 1. The highest BCUT2D eigenvalue weighted by atomic mass is 15.3. The molecule has 0 amide bonds. The molecule has 0 bridgehead atoms. The molecule has 1 atom stereocenters. The van der Waals surface area contributed by atoms with Crippen LogP contribution in [-0.4, -0.2) is 39.5 Å². The molecule has 1 fully saturated rings. The maximum atomic E-state index is 4.95. The van der Waals surface area contributed by atoms with E-state index in [9.17, 15) is 0 Å². The Hall–Kier alpha value is -2.57. The van der Waals surface area contributed by atoms with E-state index in [4.69, 9.17) is 9.97 Å². The second-order valence-corrected chi connectivity index (χ2v) is 7.56. The van der Waals surface area contributed by atoms with Crippen LogP contribution in [0.5, 0.6) is 0 Å². The van der Waals surface area contributed by atoms with Gasteiger partial charge in [0, 0.05) is 12.0 Å². The molecule has 1 aliphatic heterocycles. The fourth-order valence-electron chi connectivity index (χ4n) is 3.62. The van der Waals surface area contributed by atoms with E-state index in [2.05, 4.69) is 40.3 Å². The smallest absolute Gasteiger partial charge is 0.189 e. The van der Waals surface area contributed by atoms with Crippen LogP contribution in [-0.2, 0) is 0 Å². The van der Waals surface area contributed by atoms with Crippen molar-refractivity contribution in [2.24, 2.45) is 4.99 Å². The number of fused-ring (bicyclic) bond motifs is 1. The molecule has 27 heavy (non-hydrogen) atoms. The number of aliphatic imine (C=N–C) groups is 1. The minimum atomic E-state index is 0.280. The van der Waals surface area contributed by atoms with E-state index in [0.29, 0.717) is 11.7 Å². The van der Waals surface area contributed by atoms with E-state index in [1.807, 2.05) is 27.9 Å². The minimum absolute atomic E-state index is 0.280. The van der Waals surface area contributed by atoms with E-state index in [1.165, 1.54) is 12.8 Å². The van der Waals surface area contributed by atoms with Crippen LogP contribution in [0, 0.1) is 6.92 Å². The van der Waals surface area contributed by atoms with Crippen molar-refractivity contribution in [2.75, 3.05) is 4.90 Å². The Kier molecular flexibility index (Phi) is 4.33. The van der Waals surface area contributed by atoms with Crippen LogP contribution in [0.1, 0.15) is 57.3 Å². The van der Waals surface area contributed by atoms with Gasteiger partial charge >= 0.3 is 0 Å². The molecular formula is C20H25BN6. The van der Waals surface area contributed by atoms with E-state index in [-0.39, 0.29) is 6.04 Å². The van der Waals surface area contributed by atoms with Gasteiger partial charge in [0.05, 0.1) is 40.3 Å². The molecule has 0 unspecified atom stereocenters. The SMILES string of the molecule is Bc1nc(C)c(-c2ncc3c(n2)N([C@H](C)CC)C(=C)C(C)=N3)c(C2CC2)n1. The van der Waals surface area contributed by atoms with Gasteiger partial charge in [0.1, 0.15) is 5.69 Å². The average Bonchev–Trinajstić information content (AvgIpc) is 3.46. The molecule has 4 rings (SSSR count). The third-order valence-corrected chi connectivity index (χ3v) is 5.42. The molecule has 3 heterocycles. The number of allylic oxidation sites excluding steroid dienone is 1. The maximum absolute atomic E-state index is 4.95. The molecule has 138 valence electrons. The molecule has 0 radical (unpaired) electrons. The number of rotatable bonds is 4. The topological polar surface area (TPSA) is 67.2 Å². The zero-order valence-corrected chi connectivity index (χ0v) is 16.7. The van der Waals surface area contributed by atoms with Crippen LogP contribution in [0.4, 0.5) is 11.5 Å². The summed E-state index contributed by atoms with van der Waals surface area (Å²) in [6, 6.07) is 0.280. The standard InChI is InChI=1S/C20H25BN6/c1-6-10(2)27-13(5)11(3)23-15-9-22-18(26-19(15)27)16-12(4)24-20(21)25-17(16)14-7-8-14/h9-10,14H,5-8,21H2,1-4H3/t10-/m1/s1. The van der Waals surface area contributed by atoms with Crippen LogP contribution < -0.4 is 10.6 Å². The van der Waals surface area contributed by atoms with Gasteiger partial charge in [-0.1, -0.05) is 13.5 Å². The van der Waals surface area contributed by atoms with Gasteiger partial charge in [0.25, 0.3) is 0 Å². The first-order chi connectivity index (χ1) is 12.9. The molecule has 1 aliphatic carbocycles. The van der Waals surface area contributed by atoms with Gasteiger partial charge in [-0.2, -0.15) is 0 Å². The zero-order chi connectivity index (χ0) is 19.3. The van der Waals surface area contributed by atoms with Crippen molar-refractivity contribution < 1.29 is 0 Å². The van der Waals surface area contributed by atoms with Crippen molar-refractivity contribution in [3.8, 4) is 11.4 Å². The van der Waals surface area contributed by atoms with Crippen LogP contribution in [0.15, 0.2) is 23.5 Å². The lowest BCUT2D eigenvalue weighted by molar-refractivity contribution is 0.666. The summed E-state index contributed by atoms with van der Waals surface area (Å²) in [6.07, 6.45) is 5.16. The van der Waals surface area contributed by atoms with Crippen LogP contribution in [0.3, 0.4) is 0 Å². The van der Waals surface area contributed by atoms with Crippen molar-refractivity contribution in [3.05, 3.63) is 29.9 Å². The van der Waals surface area contributed by atoms with Crippen LogP contribution in [0.25, 0.3) is 11.4 Å². The molecule has 2 aromatic heterocycles. The van der Waals surface area contributed by atoms with E-state index >= 15 is 0 Å². The summed E-state index contributed by atoms with van der Waals surface area (Å²) in [7, 11) is 1.95. The fourth-order valence-corrected chi connectivity index (χ4v) is 3.62. The maximum Gasteiger partial charge on any atom is 0.189 e. The number of nitrogens with zero attached hydrogens (tertiary/aromatic N) is 6. The largest absolute Gasteiger partial charge is 0.321 e. The third kappa shape index (κ3) is 3.05. The van der Waals surface area contributed by atoms with E-state index in [0.717, 1.165) is 52.0 Å². The summed E-state index contributed by atoms with van der Waals surface area (Å²) < 4.78 is 0. The Labute approximate surface area is 161 Å². The first kappa shape index (κ1) is 17.8. The number of hydrogen-bond donors (Lipinski definition) is 0. The van der Waals surface area contributed by atoms with Crippen molar-refractivity contribution in [3.63, 3.8) is 0 Å². The number of hydrogen-bond acceptors (Lipinski definition) is 6. The van der Waals surface area contributed by atoms with Gasteiger partial charge in [-0.05, 0) is 40.0 Å². The normalized spacial score (nSPS) is 17.6. The molecule has 2 aliphatic rings. The zero-order valence-electron chi connectivity index (χ0n) is 16.7.